The SMILES string of the molecule is CCn1nccc1C(O)c1ccsc1. The molecule has 0 amide bonds. The van der Waals surface area contributed by atoms with Gasteiger partial charge in [0.05, 0.1) is 5.69 Å². The van der Waals surface area contributed by atoms with Gasteiger partial charge in [-0.2, -0.15) is 16.4 Å². The van der Waals surface area contributed by atoms with E-state index < -0.39 is 6.10 Å². The van der Waals surface area contributed by atoms with Crippen LogP contribution in [-0.4, -0.2) is 14.9 Å². The van der Waals surface area contributed by atoms with Crippen LogP contribution in [0.15, 0.2) is 29.1 Å². The van der Waals surface area contributed by atoms with Crippen molar-refractivity contribution >= 4 is 11.3 Å². The van der Waals surface area contributed by atoms with Crippen molar-refractivity contribution in [1.82, 2.24) is 9.78 Å². The number of aromatic nitrogens is 2. The molecule has 1 N–H and O–H groups in total. The maximum Gasteiger partial charge on any atom is 0.121 e. The summed E-state index contributed by atoms with van der Waals surface area (Å²) in [5.41, 5.74) is 1.79. The standard InChI is InChI=1S/C10H12N2OS/c1-2-12-9(3-5-11-12)10(13)8-4-6-14-7-8/h3-7,10,13H,2H2,1H3. The molecule has 4 heteroatoms. The zero-order chi connectivity index (χ0) is 9.97. The van der Waals surface area contributed by atoms with Crippen molar-refractivity contribution in [2.45, 2.75) is 19.6 Å². The van der Waals surface area contributed by atoms with Gasteiger partial charge >= 0.3 is 0 Å². The molecule has 1 atom stereocenters. The fourth-order valence-corrected chi connectivity index (χ4v) is 2.12. The van der Waals surface area contributed by atoms with Crippen LogP contribution in [0.2, 0.25) is 0 Å². The van der Waals surface area contributed by atoms with E-state index in [-0.39, 0.29) is 0 Å². The molecular weight excluding hydrogens is 196 g/mol. The molecule has 1 unspecified atom stereocenters. The molecular formula is C10H12N2OS. The Morgan fingerprint density at radius 3 is 3.07 bits per heavy atom. The molecule has 0 spiro atoms. The third-order valence-corrected chi connectivity index (χ3v) is 2.89. The summed E-state index contributed by atoms with van der Waals surface area (Å²) in [5.74, 6) is 0. The second-order valence-electron chi connectivity index (χ2n) is 3.03. The Morgan fingerprint density at radius 2 is 2.43 bits per heavy atom. The number of thiophene rings is 1. The number of aliphatic hydroxyl groups is 1. The summed E-state index contributed by atoms with van der Waals surface area (Å²) in [4.78, 5) is 0. The lowest BCUT2D eigenvalue weighted by atomic mass is 10.1. The lowest BCUT2D eigenvalue weighted by Crippen LogP contribution is -2.08. The van der Waals surface area contributed by atoms with Gasteiger partial charge in [-0.1, -0.05) is 0 Å². The first-order valence-corrected chi connectivity index (χ1v) is 5.49. The van der Waals surface area contributed by atoms with Crippen LogP contribution in [0.3, 0.4) is 0 Å². The van der Waals surface area contributed by atoms with Gasteiger partial charge in [0.1, 0.15) is 6.10 Å². The normalized spacial score (nSPS) is 13.0. The first kappa shape index (κ1) is 9.43. The van der Waals surface area contributed by atoms with E-state index in [1.54, 1.807) is 17.5 Å². The summed E-state index contributed by atoms with van der Waals surface area (Å²) in [6.07, 6.45) is 1.16. The van der Waals surface area contributed by atoms with Crippen LogP contribution >= 0.6 is 11.3 Å². The molecule has 0 radical (unpaired) electrons. The van der Waals surface area contributed by atoms with Crippen LogP contribution in [0, 0.1) is 0 Å². The van der Waals surface area contributed by atoms with E-state index in [2.05, 4.69) is 5.10 Å². The van der Waals surface area contributed by atoms with Crippen molar-refractivity contribution in [3.05, 3.63) is 40.3 Å². The van der Waals surface area contributed by atoms with E-state index >= 15 is 0 Å². The van der Waals surface area contributed by atoms with Crippen LogP contribution < -0.4 is 0 Å². The molecule has 0 aliphatic rings. The molecule has 74 valence electrons. The molecule has 2 rings (SSSR count). The Labute approximate surface area is 86.6 Å². The molecule has 2 heterocycles. The maximum absolute atomic E-state index is 10.0. The van der Waals surface area contributed by atoms with Gasteiger partial charge in [0.2, 0.25) is 0 Å². The maximum atomic E-state index is 10.0. The number of hydrogen-bond donors (Lipinski definition) is 1. The van der Waals surface area contributed by atoms with E-state index in [1.807, 2.05) is 34.5 Å². The van der Waals surface area contributed by atoms with Crippen molar-refractivity contribution in [2.75, 3.05) is 0 Å². The molecule has 14 heavy (non-hydrogen) atoms. The van der Waals surface area contributed by atoms with Crippen molar-refractivity contribution in [3.8, 4) is 0 Å². The number of aliphatic hydroxyl groups excluding tert-OH is 1. The Hall–Kier alpha value is -1.13. The number of nitrogens with zero attached hydrogens (tertiary/aromatic N) is 2. The van der Waals surface area contributed by atoms with E-state index in [4.69, 9.17) is 0 Å². The van der Waals surface area contributed by atoms with E-state index in [1.165, 1.54) is 0 Å². The fraction of sp³-hybridized carbons (Fsp3) is 0.300. The summed E-state index contributed by atoms with van der Waals surface area (Å²) in [6.45, 7) is 2.79. The van der Waals surface area contributed by atoms with E-state index in [0.717, 1.165) is 17.8 Å². The van der Waals surface area contributed by atoms with Crippen molar-refractivity contribution in [1.29, 1.82) is 0 Å². The second kappa shape index (κ2) is 3.94. The summed E-state index contributed by atoms with van der Waals surface area (Å²) in [6, 6.07) is 3.79. The highest BCUT2D eigenvalue weighted by molar-refractivity contribution is 7.07. The Bertz CT molecular complexity index is 394. The average Bonchev–Trinajstić information content (AvgIpc) is 2.87. The quantitative estimate of drug-likeness (QED) is 0.838. The molecule has 0 fully saturated rings. The second-order valence-corrected chi connectivity index (χ2v) is 3.81. The summed E-state index contributed by atoms with van der Waals surface area (Å²) < 4.78 is 1.81. The Balaban J connectivity index is 2.31. The molecule has 0 saturated carbocycles. The summed E-state index contributed by atoms with van der Waals surface area (Å²) in [7, 11) is 0. The molecule has 3 nitrogen and oxygen atoms in total. The van der Waals surface area contributed by atoms with Crippen LogP contribution in [0.25, 0.3) is 0 Å². The minimum atomic E-state index is -0.552. The lowest BCUT2D eigenvalue weighted by Gasteiger charge is -2.10. The third kappa shape index (κ3) is 1.58. The molecule has 0 aliphatic carbocycles. The van der Waals surface area contributed by atoms with Gasteiger partial charge in [-0.05, 0) is 35.4 Å². The highest BCUT2D eigenvalue weighted by atomic mass is 32.1. The fourth-order valence-electron chi connectivity index (χ4n) is 1.44. The monoisotopic (exact) mass is 208 g/mol. The predicted molar refractivity (Wildman–Crippen MR) is 56.3 cm³/mol. The first-order valence-electron chi connectivity index (χ1n) is 4.54. The molecule has 0 aromatic carbocycles. The number of aryl methyl sites for hydroxylation is 1. The zero-order valence-electron chi connectivity index (χ0n) is 7.92. The highest BCUT2D eigenvalue weighted by Crippen LogP contribution is 2.23. The largest absolute Gasteiger partial charge is 0.382 e. The zero-order valence-corrected chi connectivity index (χ0v) is 8.74. The van der Waals surface area contributed by atoms with Crippen LogP contribution in [0.4, 0.5) is 0 Å². The molecule has 2 aromatic rings. The number of rotatable bonds is 3. The molecule has 2 aromatic heterocycles. The minimum Gasteiger partial charge on any atom is -0.382 e. The van der Waals surface area contributed by atoms with Crippen LogP contribution in [0.1, 0.15) is 24.3 Å². The van der Waals surface area contributed by atoms with Gasteiger partial charge in [0.15, 0.2) is 0 Å². The molecule has 0 aliphatic heterocycles. The first-order chi connectivity index (χ1) is 6.83. The summed E-state index contributed by atoms with van der Waals surface area (Å²) >= 11 is 1.59. The summed E-state index contributed by atoms with van der Waals surface area (Å²) in [5, 5.41) is 18.1. The van der Waals surface area contributed by atoms with Gasteiger partial charge in [-0.25, -0.2) is 0 Å². The topological polar surface area (TPSA) is 38.0 Å². The lowest BCUT2D eigenvalue weighted by molar-refractivity contribution is 0.208. The third-order valence-electron chi connectivity index (χ3n) is 2.19. The average molecular weight is 208 g/mol. The van der Waals surface area contributed by atoms with Gasteiger partial charge in [0, 0.05) is 12.7 Å². The minimum absolute atomic E-state index is 0.552. The van der Waals surface area contributed by atoms with Crippen LogP contribution in [-0.2, 0) is 6.54 Å². The van der Waals surface area contributed by atoms with Gasteiger partial charge in [0.25, 0.3) is 0 Å². The van der Waals surface area contributed by atoms with Crippen molar-refractivity contribution in [2.24, 2.45) is 0 Å². The molecule has 0 saturated heterocycles. The Morgan fingerprint density at radius 1 is 1.57 bits per heavy atom. The van der Waals surface area contributed by atoms with Gasteiger partial charge in [-0.3, -0.25) is 4.68 Å². The molecule has 0 bridgehead atoms. The number of hydrogen-bond acceptors (Lipinski definition) is 3. The highest BCUT2D eigenvalue weighted by Gasteiger charge is 2.14. The predicted octanol–water partition coefficient (Wildman–Crippen LogP) is 2.05. The van der Waals surface area contributed by atoms with Gasteiger partial charge in [-0.15, -0.1) is 0 Å². The smallest absolute Gasteiger partial charge is 0.121 e. The van der Waals surface area contributed by atoms with Crippen molar-refractivity contribution < 1.29 is 5.11 Å². The van der Waals surface area contributed by atoms with Crippen LogP contribution in [0.5, 0.6) is 0 Å². The van der Waals surface area contributed by atoms with E-state index in [0.29, 0.717) is 0 Å². The Kier molecular flexibility index (Phi) is 2.65. The van der Waals surface area contributed by atoms with E-state index in [9.17, 15) is 5.11 Å². The van der Waals surface area contributed by atoms with Crippen molar-refractivity contribution in [3.63, 3.8) is 0 Å². The van der Waals surface area contributed by atoms with Gasteiger partial charge < -0.3 is 5.11 Å².